The number of methoxy groups -OCH3 is 1. The van der Waals surface area contributed by atoms with E-state index in [1.807, 2.05) is 24.3 Å². The second-order valence-electron chi connectivity index (χ2n) is 4.90. The molecule has 0 atom stereocenters. The summed E-state index contributed by atoms with van der Waals surface area (Å²) >= 11 is 0. The van der Waals surface area contributed by atoms with Crippen LogP contribution in [0.5, 0.6) is 5.75 Å². The molecule has 0 aliphatic rings. The van der Waals surface area contributed by atoms with Crippen molar-refractivity contribution in [2.75, 3.05) is 31.3 Å². The molecule has 2 rings (SSSR count). The summed E-state index contributed by atoms with van der Waals surface area (Å²) in [5.74, 6) is 0.734. The van der Waals surface area contributed by atoms with Crippen LogP contribution >= 0.6 is 0 Å². The molecule has 2 N–H and O–H groups in total. The van der Waals surface area contributed by atoms with Gasteiger partial charge in [-0.2, -0.15) is 0 Å². The molecule has 0 aliphatic heterocycles. The summed E-state index contributed by atoms with van der Waals surface area (Å²) in [7, 11) is 3.71. The van der Waals surface area contributed by atoms with Crippen molar-refractivity contribution in [3.05, 3.63) is 54.1 Å². The lowest BCUT2D eigenvalue weighted by molar-refractivity contribution is 0.417. The summed E-state index contributed by atoms with van der Waals surface area (Å²) in [5, 5.41) is 0. The van der Waals surface area contributed by atoms with Gasteiger partial charge < -0.3 is 15.4 Å². The number of ether oxygens (including phenoxy) is 1. The molecule has 20 heavy (non-hydrogen) atoms. The van der Waals surface area contributed by atoms with Crippen LogP contribution in [0.1, 0.15) is 12.0 Å². The molecule has 0 unspecified atom stereocenters. The van der Waals surface area contributed by atoms with Crippen molar-refractivity contribution in [3.8, 4) is 5.75 Å². The third-order valence-electron chi connectivity index (χ3n) is 3.48. The normalized spacial score (nSPS) is 10.3. The molecule has 0 aliphatic carbocycles. The Morgan fingerprint density at radius 3 is 2.50 bits per heavy atom. The third kappa shape index (κ3) is 3.44. The Hall–Kier alpha value is -2.16. The Balaban J connectivity index is 1.93. The molecular formula is C17H22N2O. The first-order chi connectivity index (χ1) is 9.72. The van der Waals surface area contributed by atoms with Gasteiger partial charge in [0.15, 0.2) is 0 Å². The third-order valence-corrected chi connectivity index (χ3v) is 3.48. The molecule has 3 heteroatoms. The van der Waals surface area contributed by atoms with Gasteiger partial charge in [0.05, 0.1) is 18.5 Å². The van der Waals surface area contributed by atoms with Crippen LogP contribution in [0.2, 0.25) is 0 Å². The maximum Gasteiger partial charge on any atom is 0.143 e. The predicted octanol–water partition coefficient (Wildman–Crippen LogP) is 3.35. The Bertz CT molecular complexity index is 540. The molecule has 0 radical (unpaired) electrons. The molecule has 0 heterocycles. The molecule has 0 aromatic heterocycles. The average molecular weight is 270 g/mol. The second-order valence-corrected chi connectivity index (χ2v) is 4.90. The van der Waals surface area contributed by atoms with Crippen molar-refractivity contribution in [1.29, 1.82) is 0 Å². The molecular weight excluding hydrogens is 248 g/mol. The lowest BCUT2D eigenvalue weighted by Crippen LogP contribution is -2.20. The largest absolute Gasteiger partial charge is 0.495 e. The minimum atomic E-state index is 0.706. The number of hydrogen-bond acceptors (Lipinski definition) is 3. The van der Waals surface area contributed by atoms with E-state index in [1.54, 1.807) is 7.11 Å². The number of rotatable bonds is 6. The number of anilines is 2. The Morgan fingerprint density at radius 2 is 1.80 bits per heavy atom. The summed E-state index contributed by atoms with van der Waals surface area (Å²) in [6.07, 6.45) is 2.17. The lowest BCUT2D eigenvalue weighted by Gasteiger charge is -2.22. The predicted molar refractivity (Wildman–Crippen MR) is 85.4 cm³/mol. The molecule has 0 amide bonds. The Labute approximate surface area is 121 Å². The molecule has 2 aromatic carbocycles. The number of hydrogen-bond donors (Lipinski definition) is 1. The summed E-state index contributed by atoms with van der Waals surface area (Å²) in [4.78, 5) is 2.18. The molecule has 106 valence electrons. The number of aryl methyl sites for hydroxylation is 1. The van der Waals surface area contributed by atoms with Gasteiger partial charge in [-0.1, -0.05) is 36.4 Å². The van der Waals surface area contributed by atoms with Crippen LogP contribution in [-0.4, -0.2) is 20.7 Å². The second kappa shape index (κ2) is 6.85. The zero-order valence-corrected chi connectivity index (χ0v) is 12.2. The highest BCUT2D eigenvalue weighted by Gasteiger charge is 2.09. The van der Waals surface area contributed by atoms with Gasteiger partial charge >= 0.3 is 0 Å². The van der Waals surface area contributed by atoms with Crippen LogP contribution in [0.15, 0.2) is 48.5 Å². The van der Waals surface area contributed by atoms with E-state index >= 15 is 0 Å². The molecule has 0 saturated heterocycles. The number of para-hydroxylation sites is 1. The average Bonchev–Trinajstić information content (AvgIpc) is 2.48. The van der Waals surface area contributed by atoms with Crippen LogP contribution in [-0.2, 0) is 6.42 Å². The highest BCUT2D eigenvalue weighted by atomic mass is 16.5. The van der Waals surface area contributed by atoms with Gasteiger partial charge in [-0.15, -0.1) is 0 Å². The van der Waals surface area contributed by atoms with Gasteiger partial charge in [-0.25, -0.2) is 0 Å². The van der Waals surface area contributed by atoms with Crippen LogP contribution in [0, 0.1) is 0 Å². The molecule has 0 fully saturated rings. The number of benzene rings is 2. The van der Waals surface area contributed by atoms with Crippen molar-refractivity contribution < 1.29 is 4.74 Å². The van der Waals surface area contributed by atoms with Crippen LogP contribution in [0.3, 0.4) is 0 Å². The van der Waals surface area contributed by atoms with Crippen molar-refractivity contribution in [2.24, 2.45) is 0 Å². The molecule has 2 aromatic rings. The van der Waals surface area contributed by atoms with Crippen molar-refractivity contribution in [1.82, 2.24) is 0 Å². The van der Waals surface area contributed by atoms with Crippen molar-refractivity contribution >= 4 is 11.4 Å². The fourth-order valence-electron chi connectivity index (χ4n) is 2.33. The zero-order valence-electron chi connectivity index (χ0n) is 12.2. The summed E-state index contributed by atoms with van der Waals surface area (Å²) in [6, 6.07) is 16.4. The fraction of sp³-hybridized carbons (Fsp3) is 0.294. The number of nitrogens with zero attached hydrogens (tertiary/aromatic N) is 1. The number of nitrogens with two attached hydrogens (primary N) is 1. The van der Waals surface area contributed by atoms with Crippen LogP contribution < -0.4 is 15.4 Å². The van der Waals surface area contributed by atoms with E-state index in [0.717, 1.165) is 30.8 Å². The standard InChI is InChI=1S/C17H22N2O/c1-19(13-7-10-14-8-4-3-5-9-14)15-11-6-12-16(20-2)17(15)18/h3-6,8-9,11-12H,7,10,13,18H2,1-2H3. The van der Waals surface area contributed by atoms with Gasteiger partial charge in [0, 0.05) is 13.6 Å². The van der Waals surface area contributed by atoms with Gasteiger partial charge in [0.2, 0.25) is 0 Å². The summed E-state index contributed by atoms with van der Waals surface area (Å²) in [6.45, 7) is 0.965. The monoisotopic (exact) mass is 270 g/mol. The highest BCUT2D eigenvalue weighted by Crippen LogP contribution is 2.31. The zero-order chi connectivity index (χ0) is 14.4. The molecule has 0 bridgehead atoms. The summed E-state index contributed by atoms with van der Waals surface area (Å²) < 4.78 is 5.26. The van der Waals surface area contributed by atoms with E-state index in [2.05, 4.69) is 36.2 Å². The van der Waals surface area contributed by atoms with Gasteiger partial charge in [-0.3, -0.25) is 0 Å². The summed E-state index contributed by atoms with van der Waals surface area (Å²) in [5.41, 5.74) is 9.22. The van der Waals surface area contributed by atoms with Gasteiger partial charge in [-0.05, 0) is 30.5 Å². The van der Waals surface area contributed by atoms with E-state index in [0.29, 0.717) is 5.69 Å². The smallest absolute Gasteiger partial charge is 0.143 e. The van der Waals surface area contributed by atoms with Crippen LogP contribution in [0.25, 0.3) is 0 Å². The van der Waals surface area contributed by atoms with E-state index in [4.69, 9.17) is 10.5 Å². The van der Waals surface area contributed by atoms with Gasteiger partial charge in [0.1, 0.15) is 5.75 Å². The highest BCUT2D eigenvalue weighted by molar-refractivity contribution is 5.73. The Morgan fingerprint density at radius 1 is 1.05 bits per heavy atom. The lowest BCUT2D eigenvalue weighted by atomic mass is 10.1. The van der Waals surface area contributed by atoms with E-state index in [-0.39, 0.29) is 0 Å². The minimum Gasteiger partial charge on any atom is -0.495 e. The van der Waals surface area contributed by atoms with E-state index in [1.165, 1.54) is 5.56 Å². The molecule has 0 spiro atoms. The Kier molecular flexibility index (Phi) is 4.88. The van der Waals surface area contributed by atoms with Crippen molar-refractivity contribution in [3.63, 3.8) is 0 Å². The van der Waals surface area contributed by atoms with Crippen molar-refractivity contribution in [2.45, 2.75) is 12.8 Å². The van der Waals surface area contributed by atoms with E-state index < -0.39 is 0 Å². The molecule has 3 nitrogen and oxygen atoms in total. The minimum absolute atomic E-state index is 0.706. The first-order valence-corrected chi connectivity index (χ1v) is 6.90. The SMILES string of the molecule is COc1cccc(N(C)CCCc2ccccc2)c1N. The maximum atomic E-state index is 6.11. The van der Waals surface area contributed by atoms with E-state index in [9.17, 15) is 0 Å². The first kappa shape index (κ1) is 14.3. The maximum absolute atomic E-state index is 6.11. The first-order valence-electron chi connectivity index (χ1n) is 6.90. The molecule has 0 saturated carbocycles. The van der Waals surface area contributed by atoms with Gasteiger partial charge in [0.25, 0.3) is 0 Å². The number of nitrogen functional groups attached to an aromatic ring is 1. The quantitative estimate of drug-likeness (QED) is 0.818. The van der Waals surface area contributed by atoms with Crippen LogP contribution in [0.4, 0.5) is 11.4 Å². The fourth-order valence-corrected chi connectivity index (χ4v) is 2.33. The topological polar surface area (TPSA) is 38.5 Å².